The van der Waals surface area contributed by atoms with Crippen LogP contribution in [0.25, 0.3) is 0 Å². The van der Waals surface area contributed by atoms with Crippen molar-refractivity contribution in [3.05, 3.63) is 11.1 Å². The Balaban J connectivity index is 2.02. The van der Waals surface area contributed by atoms with Crippen molar-refractivity contribution in [3.63, 3.8) is 0 Å². The summed E-state index contributed by atoms with van der Waals surface area (Å²) in [7, 11) is 0. The molecule has 2 N–H and O–H groups in total. The fraction of sp³-hybridized carbons (Fsp3) is 0.583. The van der Waals surface area contributed by atoms with Crippen LogP contribution in [0.2, 0.25) is 0 Å². The first-order valence-electron chi connectivity index (χ1n) is 6.48. The van der Waals surface area contributed by atoms with Crippen molar-refractivity contribution in [3.8, 4) is 0 Å². The predicted octanol–water partition coefficient (Wildman–Crippen LogP) is 2.74. The summed E-state index contributed by atoms with van der Waals surface area (Å²) >= 11 is 0.329. The van der Waals surface area contributed by atoms with Crippen LogP contribution in [0.5, 0.6) is 0 Å². The van der Waals surface area contributed by atoms with Gasteiger partial charge in [-0.15, -0.1) is 0 Å². The number of thiazole rings is 1. The molecular weight excluding hydrogens is 323 g/mol. The molecule has 122 valence electrons. The Morgan fingerprint density at radius 1 is 1.45 bits per heavy atom. The van der Waals surface area contributed by atoms with Gasteiger partial charge in [0.15, 0.2) is 5.13 Å². The van der Waals surface area contributed by atoms with E-state index >= 15 is 0 Å². The van der Waals surface area contributed by atoms with E-state index in [-0.39, 0.29) is 17.6 Å². The number of carboxylic acid groups (broad SMARTS) is 1. The van der Waals surface area contributed by atoms with Crippen molar-refractivity contribution in [2.24, 2.45) is 11.8 Å². The third-order valence-corrected chi connectivity index (χ3v) is 4.25. The first-order chi connectivity index (χ1) is 10.2. The minimum absolute atomic E-state index is 0.00244. The van der Waals surface area contributed by atoms with Gasteiger partial charge in [0.1, 0.15) is 4.88 Å². The number of likely N-dealkylation sites (tertiary alicyclic amines) is 1. The summed E-state index contributed by atoms with van der Waals surface area (Å²) in [5.41, 5.74) is 0. The lowest BCUT2D eigenvalue weighted by atomic mass is 9.91. The van der Waals surface area contributed by atoms with Crippen LogP contribution in [0.4, 0.5) is 23.1 Å². The molecule has 0 aromatic carbocycles. The average Bonchev–Trinajstić information content (AvgIpc) is 2.86. The molecule has 2 unspecified atom stereocenters. The topological polar surface area (TPSA) is 82.5 Å². The summed E-state index contributed by atoms with van der Waals surface area (Å²) in [5, 5.41) is 11.2. The number of aliphatic carboxylic acids is 1. The number of aromatic nitrogens is 1. The van der Waals surface area contributed by atoms with Crippen molar-refractivity contribution in [1.82, 2.24) is 9.88 Å². The number of alkyl halides is 3. The summed E-state index contributed by atoms with van der Waals surface area (Å²) in [6, 6.07) is -0.638. The highest BCUT2D eigenvalue weighted by Crippen LogP contribution is 2.35. The first kappa shape index (κ1) is 16.5. The number of hydrogen-bond acceptors (Lipinski definition) is 4. The van der Waals surface area contributed by atoms with Crippen molar-refractivity contribution >= 4 is 28.5 Å². The van der Waals surface area contributed by atoms with Crippen LogP contribution in [-0.4, -0.2) is 40.1 Å². The zero-order valence-corrected chi connectivity index (χ0v) is 12.4. The van der Waals surface area contributed by atoms with E-state index in [9.17, 15) is 22.8 Å². The second kappa shape index (κ2) is 6.11. The molecule has 1 aliphatic rings. The summed E-state index contributed by atoms with van der Waals surface area (Å²) in [5.74, 6) is -1.66. The molecule has 0 bridgehead atoms. The Kier molecular flexibility index (Phi) is 4.59. The van der Waals surface area contributed by atoms with Gasteiger partial charge in [-0.05, 0) is 12.3 Å². The number of nitrogens with zero attached hydrogens (tertiary/aromatic N) is 2. The monoisotopic (exact) mass is 337 g/mol. The Morgan fingerprint density at radius 3 is 2.68 bits per heavy atom. The number of nitrogens with one attached hydrogen (secondary N) is 1. The molecule has 2 heterocycles. The van der Waals surface area contributed by atoms with Gasteiger partial charge in [0.25, 0.3) is 0 Å². The maximum atomic E-state index is 12.5. The van der Waals surface area contributed by atoms with Crippen LogP contribution in [0.15, 0.2) is 6.20 Å². The normalized spacial score (nSPS) is 22.5. The van der Waals surface area contributed by atoms with E-state index in [2.05, 4.69) is 10.3 Å². The number of amides is 2. The van der Waals surface area contributed by atoms with Crippen LogP contribution in [0.1, 0.15) is 18.2 Å². The molecule has 2 amide bonds. The lowest BCUT2D eigenvalue weighted by Gasteiger charge is -2.34. The summed E-state index contributed by atoms with van der Waals surface area (Å²) in [4.78, 5) is 27.0. The number of carbonyl (C=O) groups is 2. The number of anilines is 1. The number of carbonyl (C=O) groups excluding carboxylic acids is 1. The van der Waals surface area contributed by atoms with Gasteiger partial charge in [-0.2, -0.15) is 13.2 Å². The minimum Gasteiger partial charge on any atom is -0.481 e. The van der Waals surface area contributed by atoms with E-state index in [0.29, 0.717) is 30.5 Å². The molecule has 10 heteroatoms. The van der Waals surface area contributed by atoms with Gasteiger partial charge in [0.05, 0.1) is 12.1 Å². The van der Waals surface area contributed by atoms with Gasteiger partial charge in [-0.3, -0.25) is 10.1 Å². The van der Waals surface area contributed by atoms with Gasteiger partial charge >= 0.3 is 18.2 Å². The second-order valence-electron chi connectivity index (χ2n) is 5.24. The van der Waals surface area contributed by atoms with Gasteiger partial charge in [0.2, 0.25) is 0 Å². The molecule has 0 saturated carbocycles. The molecule has 0 radical (unpaired) electrons. The molecule has 6 nitrogen and oxygen atoms in total. The highest BCUT2D eigenvalue weighted by molar-refractivity contribution is 7.15. The molecule has 1 aliphatic heterocycles. The SMILES string of the molecule is CC1CC(C(=O)O)CN(C(=O)Nc2ncc(C(F)(F)F)s2)C1. The number of hydrogen-bond donors (Lipinski definition) is 2. The quantitative estimate of drug-likeness (QED) is 0.869. The summed E-state index contributed by atoms with van der Waals surface area (Å²) < 4.78 is 37.4. The zero-order chi connectivity index (χ0) is 16.5. The zero-order valence-electron chi connectivity index (χ0n) is 11.6. The van der Waals surface area contributed by atoms with E-state index in [1.165, 1.54) is 4.90 Å². The molecule has 1 fully saturated rings. The van der Waals surface area contributed by atoms with Gasteiger partial charge in [-0.25, -0.2) is 9.78 Å². The number of piperidine rings is 1. The van der Waals surface area contributed by atoms with Crippen LogP contribution in [0, 0.1) is 11.8 Å². The third kappa shape index (κ3) is 3.87. The lowest BCUT2D eigenvalue weighted by molar-refractivity contribution is -0.143. The van der Waals surface area contributed by atoms with Crippen LogP contribution < -0.4 is 5.32 Å². The largest absolute Gasteiger partial charge is 0.481 e. The van der Waals surface area contributed by atoms with Crippen LogP contribution in [0.3, 0.4) is 0 Å². The highest BCUT2D eigenvalue weighted by Gasteiger charge is 2.35. The number of halogens is 3. The maximum Gasteiger partial charge on any atom is 0.427 e. The van der Waals surface area contributed by atoms with E-state index < -0.39 is 29.0 Å². The Labute approximate surface area is 127 Å². The summed E-state index contributed by atoms with van der Waals surface area (Å²) in [6.07, 6.45) is -3.39. The van der Waals surface area contributed by atoms with Gasteiger partial charge in [-0.1, -0.05) is 18.3 Å². The third-order valence-electron chi connectivity index (χ3n) is 3.30. The molecule has 0 aliphatic carbocycles. The molecule has 0 spiro atoms. The molecule has 1 saturated heterocycles. The Morgan fingerprint density at radius 2 is 2.14 bits per heavy atom. The molecular formula is C12H14F3N3O3S. The summed E-state index contributed by atoms with van der Waals surface area (Å²) in [6.45, 7) is 2.21. The number of carboxylic acids is 1. The van der Waals surface area contributed by atoms with E-state index in [0.717, 1.165) is 0 Å². The average molecular weight is 337 g/mol. The van der Waals surface area contributed by atoms with Crippen LogP contribution in [-0.2, 0) is 11.0 Å². The predicted molar refractivity (Wildman–Crippen MR) is 72.6 cm³/mol. The second-order valence-corrected chi connectivity index (χ2v) is 6.27. The lowest BCUT2D eigenvalue weighted by Crippen LogP contribution is -2.47. The van der Waals surface area contributed by atoms with E-state index in [4.69, 9.17) is 5.11 Å². The molecule has 2 rings (SSSR count). The van der Waals surface area contributed by atoms with Crippen molar-refractivity contribution < 1.29 is 27.9 Å². The number of urea groups is 1. The van der Waals surface area contributed by atoms with Crippen molar-refractivity contribution in [2.45, 2.75) is 19.5 Å². The fourth-order valence-corrected chi connectivity index (χ4v) is 3.00. The Hall–Kier alpha value is -1.84. The van der Waals surface area contributed by atoms with Gasteiger partial charge < -0.3 is 10.0 Å². The van der Waals surface area contributed by atoms with E-state index in [1.54, 1.807) is 0 Å². The minimum atomic E-state index is -4.51. The van der Waals surface area contributed by atoms with Crippen LogP contribution >= 0.6 is 11.3 Å². The maximum absolute atomic E-state index is 12.5. The molecule has 1 aromatic rings. The first-order valence-corrected chi connectivity index (χ1v) is 7.30. The molecule has 22 heavy (non-hydrogen) atoms. The fourth-order valence-electron chi connectivity index (χ4n) is 2.33. The van der Waals surface area contributed by atoms with E-state index in [1.807, 2.05) is 6.92 Å². The highest BCUT2D eigenvalue weighted by atomic mass is 32.1. The Bertz CT molecular complexity index is 575. The molecule has 2 atom stereocenters. The van der Waals surface area contributed by atoms with Crippen molar-refractivity contribution in [1.29, 1.82) is 0 Å². The smallest absolute Gasteiger partial charge is 0.427 e. The number of rotatable bonds is 2. The van der Waals surface area contributed by atoms with Gasteiger partial charge in [0, 0.05) is 13.1 Å². The van der Waals surface area contributed by atoms with Crippen molar-refractivity contribution in [2.75, 3.05) is 18.4 Å². The molecule has 1 aromatic heterocycles. The standard InChI is InChI=1S/C12H14F3N3O3S/c1-6-2-7(9(19)20)5-18(4-6)11(21)17-10-16-3-8(22-10)12(13,14)15/h3,6-7H,2,4-5H2,1H3,(H,19,20)(H,16,17,21).